The summed E-state index contributed by atoms with van der Waals surface area (Å²) in [6.07, 6.45) is 3.16. The average Bonchev–Trinajstić information content (AvgIpc) is 1.68. The van der Waals surface area contributed by atoms with Crippen molar-refractivity contribution >= 4 is 0 Å². The van der Waals surface area contributed by atoms with E-state index in [1.165, 1.54) is 5.57 Å². The minimum absolute atomic E-state index is 0.680. The minimum atomic E-state index is 0.680. The predicted octanol–water partition coefficient (Wildman–Crippen LogP) is 1.30. The van der Waals surface area contributed by atoms with Gasteiger partial charge in [-0.1, -0.05) is 18.6 Å². The Bertz CT molecular complexity index is 64.6. The first-order valence-electron chi connectivity index (χ1n) is 2.67. The second kappa shape index (κ2) is 3.88. The lowest BCUT2D eigenvalue weighted by Gasteiger charge is -1.88. The van der Waals surface area contributed by atoms with Gasteiger partial charge in [0, 0.05) is 6.54 Å². The van der Waals surface area contributed by atoms with Crippen LogP contribution in [0.2, 0.25) is 0 Å². The summed E-state index contributed by atoms with van der Waals surface area (Å²) in [4.78, 5) is 0. The molecule has 0 aromatic rings. The minimum Gasteiger partial charge on any atom is -0.327 e. The van der Waals surface area contributed by atoms with Crippen molar-refractivity contribution in [1.29, 1.82) is 0 Å². The van der Waals surface area contributed by atoms with Crippen LogP contribution < -0.4 is 5.73 Å². The fourth-order valence-electron chi connectivity index (χ4n) is 0.346. The molecule has 0 aromatic carbocycles. The van der Waals surface area contributed by atoms with Crippen LogP contribution in [0.1, 0.15) is 20.3 Å². The van der Waals surface area contributed by atoms with Crippen molar-refractivity contribution < 1.29 is 0 Å². The maximum atomic E-state index is 5.23. The van der Waals surface area contributed by atoms with Gasteiger partial charge >= 0.3 is 0 Å². The molecule has 0 bridgehead atoms. The summed E-state index contributed by atoms with van der Waals surface area (Å²) < 4.78 is 0. The Morgan fingerprint density at radius 1 is 1.71 bits per heavy atom. The van der Waals surface area contributed by atoms with Crippen molar-refractivity contribution in [3.05, 3.63) is 11.6 Å². The first kappa shape index (κ1) is 6.70. The molecule has 1 nitrogen and oxygen atoms in total. The van der Waals surface area contributed by atoms with E-state index in [4.69, 9.17) is 5.73 Å². The molecular weight excluding hydrogens is 86.1 g/mol. The van der Waals surface area contributed by atoms with E-state index in [0.29, 0.717) is 6.54 Å². The molecule has 2 N–H and O–H groups in total. The smallest absolute Gasteiger partial charge is 0.0109 e. The zero-order chi connectivity index (χ0) is 5.70. The lowest BCUT2D eigenvalue weighted by molar-refractivity contribution is 1.07. The molecule has 7 heavy (non-hydrogen) atoms. The van der Waals surface area contributed by atoms with Crippen molar-refractivity contribution in [3.8, 4) is 0 Å². The molecule has 0 aliphatic carbocycles. The van der Waals surface area contributed by atoms with Crippen LogP contribution in [0, 0.1) is 0 Å². The normalized spacial score (nSPS) is 12.1. The highest BCUT2D eigenvalue weighted by Crippen LogP contribution is 1.94. The molecule has 0 heterocycles. The van der Waals surface area contributed by atoms with Gasteiger partial charge in [-0.25, -0.2) is 0 Å². The molecule has 1 heteroatoms. The Morgan fingerprint density at radius 2 is 2.29 bits per heavy atom. The summed E-state index contributed by atoms with van der Waals surface area (Å²) in [6.45, 7) is 4.90. The second-order valence-corrected chi connectivity index (χ2v) is 1.64. The highest BCUT2D eigenvalue weighted by atomic mass is 14.5. The monoisotopic (exact) mass is 99.1 g/mol. The van der Waals surface area contributed by atoms with Crippen molar-refractivity contribution in [2.45, 2.75) is 20.3 Å². The number of allylic oxidation sites excluding steroid dienone is 1. The first-order chi connectivity index (χ1) is 3.31. The highest BCUT2D eigenvalue weighted by Gasteiger charge is 1.76. The van der Waals surface area contributed by atoms with Crippen LogP contribution in [0.5, 0.6) is 0 Å². The second-order valence-electron chi connectivity index (χ2n) is 1.64. The summed E-state index contributed by atoms with van der Waals surface area (Å²) in [5, 5.41) is 0. The van der Waals surface area contributed by atoms with Gasteiger partial charge in [-0.3, -0.25) is 0 Å². The van der Waals surface area contributed by atoms with Crippen LogP contribution in [0.4, 0.5) is 0 Å². The van der Waals surface area contributed by atoms with E-state index in [1.54, 1.807) is 0 Å². The maximum absolute atomic E-state index is 5.23. The van der Waals surface area contributed by atoms with Gasteiger partial charge in [-0.05, 0) is 13.3 Å². The molecular formula is C6H13N. The molecule has 0 saturated carbocycles. The quantitative estimate of drug-likeness (QED) is 0.519. The van der Waals surface area contributed by atoms with Crippen LogP contribution in [-0.2, 0) is 0 Å². The number of nitrogens with two attached hydrogens (primary N) is 1. The van der Waals surface area contributed by atoms with Gasteiger partial charge in [-0.15, -0.1) is 0 Å². The Labute approximate surface area is 45.2 Å². The van der Waals surface area contributed by atoms with Crippen molar-refractivity contribution in [1.82, 2.24) is 0 Å². The van der Waals surface area contributed by atoms with Gasteiger partial charge in [0.25, 0.3) is 0 Å². The van der Waals surface area contributed by atoms with Crippen LogP contribution in [0.3, 0.4) is 0 Å². The van der Waals surface area contributed by atoms with Gasteiger partial charge in [-0.2, -0.15) is 0 Å². The Hall–Kier alpha value is -0.300. The van der Waals surface area contributed by atoms with Crippen molar-refractivity contribution in [3.63, 3.8) is 0 Å². The fraction of sp³-hybridized carbons (Fsp3) is 0.667. The molecule has 0 atom stereocenters. The Kier molecular flexibility index (Phi) is 3.71. The maximum Gasteiger partial charge on any atom is 0.0109 e. The first-order valence-corrected chi connectivity index (χ1v) is 2.67. The van der Waals surface area contributed by atoms with Crippen LogP contribution in [0.25, 0.3) is 0 Å². The van der Waals surface area contributed by atoms with Crippen molar-refractivity contribution in [2.24, 2.45) is 5.73 Å². The molecule has 42 valence electrons. The Balaban J connectivity index is 3.29. The molecule has 0 radical (unpaired) electrons. The molecule has 0 saturated heterocycles. The summed E-state index contributed by atoms with van der Waals surface area (Å²) in [6, 6.07) is 0. The third-order valence-corrected chi connectivity index (χ3v) is 1.02. The summed E-state index contributed by atoms with van der Waals surface area (Å²) in [7, 11) is 0. The molecule has 0 aliphatic rings. The third-order valence-electron chi connectivity index (χ3n) is 1.02. The number of hydrogen-bond donors (Lipinski definition) is 1. The van der Waals surface area contributed by atoms with E-state index in [2.05, 4.69) is 13.8 Å². The average molecular weight is 99.2 g/mol. The highest BCUT2D eigenvalue weighted by molar-refractivity contribution is 4.96. The van der Waals surface area contributed by atoms with E-state index < -0.39 is 0 Å². The number of rotatable bonds is 2. The molecule has 0 amide bonds. The van der Waals surface area contributed by atoms with Gasteiger partial charge in [0.1, 0.15) is 0 Å². The number of hydrogen-bond acceptors (Lipinski definition) is 1. The fourth-order valence-corrected chi connectivity index (χ4v) is 0.346. The zero-order valence-corrected chi connectivity index (χ0v) is 5.07. The Morgan fingerprint density at radius 3 is 2.43 bits per heavy atom. The van der Waals surface area contributed by atoms with E-state index in [1.807, 2.05) is 6.08 Å². The largest absolute Gasteiger partial charge is 0.327 e. The van der Waals surface area contributed by atoms with Crippen LogP contribution in [0.15, 0.2) is 11.6 Å². The molecule has 0 fully saturated rings. The van der Waals surface area contributed by atoms with Gasteiger partial charge in [0.15, 0.2) is 0 Å². The predicted molar refractivity (Wildman–Crippen MR) is 33.1 cm³/mol. The molecule has 0 rings (SSSR count). The van der Waals surface area contributed by atoms with E-state index in [0.717, 1.165) is 6.42 Å². The van der Waals surface area contributed by atoms with Gasteiger partial charge < -0.3 is 5.73 Å². The summed E-state index contributed by atoms with van der Waals surface area (Å²) >= 11 is 0. The topological polar surface area (TPSA) is 26.0 Å². The van der Waals surface area contributed by atoms with Crippen LogP contribution >= 0.6 is 0 Å². The van der Waals surface area contributed by atoms with E-state index in [9.17, 15) is 0 Å². The zero-order valence-electron chi connectivity index (χ0n) is 5.07. The molecule has 0 spiro atoms. The lowest BCUT2D eigenvalue weighted by Crippen LogP contribution is -1.93. The van der Waals surface area contributed by atoms with Crippen molar-refractivity contribution in [2.75, 3.05) is 6.54 Å². The van der Waals surface area contributed by atoms with E-state index in [-0.39, 0.29) is 0 Å². The molecule has 0 aromatic heterocycles. The standard InChI is InChI=1S/C6H13N/c1-3-6(2)4-5-7/h4H,3,5,7H2,1-2H3/b6-4-. The lowest BCUT2D eigenvalue weighted by atomic mass is 10.2. The van der Waals surface area contributed by atoms with Crippen LogP contribution in [-0.4, -0.2) is 6.54 Å². The summed E-state index contributed by atoms with van der Waals surface area (Å²) in [5.41, 5.74) is 6.61. The van der Waals surface area contributed by atoms with E-state index >= 15 is 0 Å². The molecule has 0 unspecified atom stereocenters. The van der Waals surface area contributed by atoms with Gasteiger partial charge in [0.2, 0.25) is 0 Å². The summed E-state index contributed by atoms with van der Waals surface area (Å²) in [5.74, 6) is 0. The third kappa shape index (κ3) is 3.53. The van der Waals surface area contributed by atoms with Gasteiger partial charge in [0.05, 0.1) is 0 Å². The SMILES string of the molecule is CC/C(C)=C\CN. The molecule has 0 aliphatic heterocycles.